The van der Waals surface area contributed by atoms with Crippen molar-refractivity contribution in [1.29, 1.82) is 0 Å². The number of carbonyl (C=O) groups is 1. The van der Waals surface area contributed by atoms with E-state index >= 15 is 0 Å². The Morgan fingerprint density at radius 2 is 2.11 bits per heavy atom. The van der Waals surface area contributed by atoms with E-state index in [1.165, 1.54) is 16.8 Å². The zero-order valence-corrected chi connectivity index (χ0v) is 9.82. The highest BCUT2D eigenvalue weighted by Crippen LogP contribution is 2.20. The van der Waals surface area contributed by atoms with Crippen LogP contribution in [0, 0.1) is 5.82 Å². The van der Waals surface area contributed by atoms with Crippen LogP contribution in [0.15, 0.2) is 23.1 Å². The minimum Gasteiger partial charge on any atom is -0.477 e. The first-order chi connectivity index (χ1) is 8.45. The first-order valence-electron chi connectivity index (χ1n) is 5.19. The zero-order valence-electron chi connectivity index (χ0n) is 9.82. The number of aryl methyl sites for hydroxylation is 1. The van der Waals surface area contributed by atoms with Gasteiger partial charge in [0.1, 0.15) is 11.4 Å². The van der Waals surface area contributed by atoms with E-state index < -0.39 is 17.2 Å². The van der Waals surface area contributed by atoms with Crippen LogP contribution in [0.1, 0.15) is 10.4 Å². The van der Waals surface area contributed by atoms with Crippen molar-refractivity contribution in [2.24, 2.45) is 7.05 Å². The van der Waals surface area contributed by atoms with E-state index in [0.717, 1.165) is 6.07 Å². The van der Waals surface area contributed by atoms with E-state index in [0.29, 0.717) is 5.52 Å². The number of hydrogen-bond donors (Lipinski definition) is 2. The lowest BCUT2D eigenvalue weighted by Gasteiger charge is -2.09. The third-order valence-corrected chi connectivity index (χ3v) is 2.78. The van der Waals surface area contributed by atoms with E-state index in [4.69, 9.17) is 5.11 Å². The molecule has 2 aromatic rings. The Labute approximate surface area is 101 Å². The van der Waals surface area contributed by atoms with Gasteiger partial charge in [-0.1, -0.05) is 0 Å². The van der Waals surface area contributed by atoms with Gasteiger partial charge in [0.15, 0.2) is 0 Å². The van der Waals surface area contributed by atoms with Crippen LogP contribution in [0.3, 0.4) is 0 Å². The van der Waals surface area contributed by atoms with E-state index in [-0.39, 0.29) is 16.6 Å². The van der Waals surface area contributed by atoms with Crippen LogP contribution in [-0.2, 0) is 7.05 Å². The number of aromatic carboxylic acids is 1. The number of fused-ring (bicyclic) bond motifs is 1. The predicted octanol–water partition coefficient (Wildman–Crippen LogP) is 1.42. The number of benzene rings is 1. The fourth-order valence-corrected chi connectivity index (χ4v) is 1.85. The predicted molar refractivity (Wildman–Crippen MR) is 65.7 cm³/mol. The van der Waals surface area contributed by atoms with Gasteiger partial charge in [-0.2, -0.15) is 0 Å². The van der Waals surface area contributed by atoms with Gasteiger partial charge in [0.25, 0.3) is 0 Å². The highest BCUT2D eigenvalue weighted by Gasteiger charge is 2.15. The second-order valence-electron chi connectivity index (χ2n) is 3.89. The van der Waals surface area contributed by atoms with Gasteiger partial charge >= 0.3 is 5.97 Å². The number of nitrogens with zero attached hydrogens (tertiary/aromatic N) is 1. The van der Waals surface area contributed by atoms with Crippen molar-refractivity contribution in [3.8, 4) is 0 Å². The summed E-state index contributed by atoms with van der Waals surface area (Å²) in [7, 11) is 3.17. The molecule has 0 aliphatic heterocycles. The average molecular weight is 250 g/mol. The van der Waals surface area contributed by atoms with Crippen LogP contribution in [0.25, 0.3) is 10.9 Å². The molecule has 0 atom stereocenters. The maximum absolute atomic E-state index is 13.6. The van der Waals surface area contributed by atoms with Crippen LogP contribution < -0.4 is 10.7 Å². The van der Waals surface area contributed by atoms with Gasteiger partial charge < -0.3 is 15.0 Å². The molecule has 2 rings (SSSR count). The van der Waals surface area contributed by atoms with Crippen molar-refractivity contribution >= 4 is 22.6 Å². The maximum Gasteiger partial charge on any atom is 0.341 e. The fourth-order valence-electron chi connectivity index (χ4n) is 1.85. The summed E-state index contributed by atoms with van der Waals surface area (Å²) >= 11 is 0. The molecule has 0 spiro atoms. The van der Waals surface area contributed by atoms with Crippen LogP contribution >= 0.6 is 0 Å². The summed E-state index contributed by atoms with van der Waals surface area (Å²) in [4.78, 5) is 22.8. The van der Waals surface area contributed by atoms with Crippen molar-refractivity contribution in [2.75, 3.05) is 12.4 Å². The third-order valence-electron chi connectivity index (χ3n) is 2.78. The Morgan fingerprint density at radius 3 is 2.67 bits per heavy atom. The highest BCUT2D eigenvalue weighted by molar-refractivity contribution is 5.93. The number of rotatable bonds is 2. The van der Waals surface area contributed by atoms with Crippen molar-refractivity contribution in [3.63, 3.8) is 0 Å². The number of anilines is 1. The Balaban J connectivity index is 2.94. The van der Waals surface area contributed by atoms with Crippen molar-refractivity contribution in [2.45, 2.75) is 0 Å². The van der Waals surface area contributed by atoms with Crippen molar-refractivity contribution < 1.29 is 14.3 Å². The molecule has 0 aliphatic rings. The van der Waals surface area contributed by atoms with E-state index in [1.54, 1.807) is 14.1 Å². The van der Waals surface area contributed by atoms with Crippen LogP contribution in [0.4, 0.5) is 10.1 Å². The van der Waals surface area contributed by atoms with Crippen molar-refractivity contribution in [3.05, 3.63) is 39.9 Å². The number of aromatic nitrogens is 1. The molecule has 6 heteroatoms. The number of hydrogen-bond acceptors (Lipinski definition) is 3. The molecule has 0 amide bonds. The molecule has 5 nitrogen and oxygen atoms in total. The quantitative estimate of drug-likeness (QED) is 0.845. The summed E-state index contributed by atoms with van der Waals surface area (Å²) in [6.45, 7) is 0. The molecule has 1 aromatic heterocycles. The number of carboxylic acids is 1. The lowest BCUT2D eigenvalue weighted by Crippen LogP contribution is -2.18. The van der Waals surface area contributed by atoms with E-state index in [1.807, 2.05) is 0 Å². The Morgan fingerprint density at radius 1 is 1.44 bits per heavy atom. The molecule has 0 fully saturated rings. The number of carboxylic acid groups (broad SMARTS) is 1. The minimum absolute atomic E-state index is 0.0499. The van der Waals surface area contributed by atoms with Crippen LogP contribution in [0.5, 0.6) is 0 Å². The first kappa shape index (κ1) is 12.1. The summed E-state index contributed by atoms with van der Waals surface area (Å²) in [6.07, 6.45) is 1.23. The van der Waals surface area contributed by atoms with Gasteiger partial charge in [-0.3, -0.25) is 4.79 Å². The standard InChI is InChI=1S/C12H11FN2O3/c1-14-9-4-10-6(3-8(9)13)11(16)7(12(17)18)5-15(10)2/h3-5,14H,1-2H3,(H,17,18). The SMILES string of the molecule is CNc1cc2c(cc1F)c(=O)c(C(=O)O)cn2C. The summed E-state index contributed by atoms with van der Waals surface area (Å²) in [5.74, 6) is -1.92. The van der Waals surface area contributed by atoms with Gasteiger partial charge in [0, 0.05) is 25.7 Å². The zero-order chi connectivity index (χ0) is 13.4. The summed E-state index contributed by atoms with van der Waals surface area (Å²) in [5, 5.41) is 11.6. The molecule has 0 unspecified atom stereocenters. The maximum atomic E-state index is 13.6. The first-order valence-corrected chi connectivity index (χ1v) is 5.19. The lowest BCUT2D eigenvalue weighted by atomic mass is 10.1. The van der Waals surface area contributed by atoms with Gasteiger partial charge in [-0.05, 0) is 12.1 Å². The van der Waals surface area contributed by atoms with Gasteiger partial charge in [-0.15, -0.1) is 0 Å². The molecule has 18 heavy (non-hydrogen) atoms. The number of halogens is 1. The molecular weight excluding hydrogens is 239 g/mol. The normalized spacial score (nSPS) is 10.6. The Kier molecular flexibility index (Phi) is 2.78. The van der Waals surface area contributed by atoms with E-state index in [2.05, 4.69) is 5.32 Å². The molecule has 0 saturated heterocycles. The minimum atomic E-state index is -1.32. The second-order valence-corrected chi connectivity index (χ2v) is 3.89. The largest absolute Gasteiger partial charge is 0.477 e. The second kappa shape index (κ2) is 4.14. The molecule has 1 heterocycles. The third kappa shape index (κ3) is 1.71. The smallest absolute Gasteiger partial charge is 0.341 e. The molecule has 0 bridgehead atoms. The molecule has 2 N–H and O–H groups in total. The molecule has 0 saturated carbocycles. The Bertz CT molecular complexity index is 707. The van der Waals surface area contributed by atoms with Crippen LogP contribution in [-0.4, -0.2) is 22.7 Å². The topological polar surface area (TPSA) is 71.3 Å². The van der Waals surface area contributed by atoms with Crippen molar-refractivity contribution in [1.82, 2.24) is 4.57 Å². The molecular formula is C12H11FN2O3. The molecule has 0 aliphatic carbocycles. The summed E-state index contributed by atoms with van der Waals surface area (Å²) in [5.41, 5.74) is -0.338. The molecule has 94 valence electrons. The number of pyridine rings is 1. The fraction of sp³-hybridized carbons (Fsp3) is 0.167. The van der Waals surface area contributed by atoms with Crippen LogP contribution in [0.2, 0.25) is 0 Å². The molecule has 1 aromatic carbocycles. The lowest BCUT2D eigenvalue weighted by molar-refractivity contribution is 0.0695. The summed E-state index contributed by atoms with van der Waals surface area (Å²) < 4.78 is 15.1. The number of nitrogens with one attached hydrogen (secondary N) is 1. The highest BCUT2D eigenvalue weighted by atomic mass is 19.1. The van der Waals surface area contributed by atoms with Gasteiger partial charge in [0.2, 0.25) is 5.43 Å². The monoisotopic (exact) mass is 250 g/mol. The molecule has 0 radical (unpaired) electrons. The van der Waals surface area contributed by atoms with E-state index in [9.17, 15) is 14.0 Å². The summed E-state index contributed by atoms with van der Waals surface area (Å²) in [6, 6.07) is 2.52. The van der Waals surface area contributed by atoms with Gasteiger partial charge in [0.05, 0.1) is 11.2 Å². The average Bonchev–Trinajstić information content (AvgIpc) is 2.32. The Hall–Kier alpha value is -2.37. The van der Waals surface area contributed by atoms with Gasteiger partial charge in [-0.25, -0.2) is 9.18 Å².